The van der Waals surface area contributed by atoms with Gasteiger partial charge < -0.3 is 0 Å². The van der Waals surface area contributed by atoms with E-state index in [0.29, 0.717) is 0 Å². The van der Waals surface area contributed by atoms with Gasteiger partial charge in [0.15, 0.2) is 0 Å². The van der Waals surface area contributed by atoms with Crippen LogP contribution in [0.5, 0.6) is 0 Å². The van der Waals surface area contributed by atoms with Crippen molar-refractivity contribution in [1.29, 1.82) is 0 Å². The van der Waals surface area contributed by atoms with E-state index in [1.165, 1.54) is 13.6 Å². The zero-order valence-corrected chi connectivity index (χ0v) is 5.07. The van der Waals surface area contributed by atoms with Crippen molar-refractivity contribution >= 4 is 16.0 Å². The zero-order chi connectivity index (χ0) is 6.08. The van der Waals surface area contributed by atoms with Gasteiger partial charge in [0.2, 0.25) is 9.97 Å². The second kappa shape index (κ2) is 1.84. The molecule has 0 aliphatic rings. The summed E-state index contributed by atoms with van der Waals surface area (Å²) in [6.45, 7) is 2.82. The Morgan fingerprint density at radius 3 is 1.57 bits per heavy atom. The van der Waals surface area contributed by atoms with Crippen LogP contribution in [0.25, 0.3) is 0 Å². The molecule has 0 amide bonds. The van der Waals surface area contributed by atoms with Crippen LogP contribution < -0.4 is 0 Å². The Kier molecular flexibility index (Phi) is 1.83. The van der Waals surface area contributed by atoms with Gasteiger partial charge in [0, 0.05) is 0 Å². The van der Waals surface area contributed by atoms with Gasteiger partial charge in [-0.25, -0.2) is 8.42 Å². The summed E-state index contributed by atoms with van der Waals surface area (Å²) in [5, 5.41) is 0. The van der Waals surface area contributed by atoms with Crippen molar-refractivity contribution in [3.8, 4) is 0 Å². The molecule has 0 unspecified atom stereocenters. The fourth-order valence-electron chi connectivity index (χ4n) is 0. The minimum Gasteiger partial charge on any atom is -0.295 e. The molecular formula is C2H7BO3S. The molecule has 0 aliphatic heterocycles. The van der Waals surface area contributed by atoms with Gasteiger partial charge in [0.25, 0.3) is 0 Å². The van der Waals surface area contributed by atoms with Crippen LogP contribution in [0.2, 0.25) is 13.6 Å². The second-order valence-corrected chi connectivity index (χ2v) is 3.54. The molecule has 0 aromatic carbocycles. The van der Waals surface area contributed by atoms with E-state index in [4.69, 9.17) is 4.55 Å². The van der Waals surface area contributed by atoms with Crippen molar-refractivity contribution in [2.45, 2.75) is 13.6 Å². The molecule has 0 aromatic heterocycles. The first-order chi connectivity index (χ1) is 2.94. The Balaban J connectivity index is 4.10. The Labute approximate surface area is 43.5 Å². The highest BCUT2D eigenvalue weighted by Gasteiger charge is 2.14. The molecule has 3 nitrogen and oxygen atoms in total. The summed E-state index contributed by atoms with van der Waals surface area (Å²) in [4.78, 5) is 0. The lowest BCUT2D eigenvalue weighted by Crippen LogP contribution is -2.16. The van der Waals surface area contributed by atoms with Crippen LogP contribution in [0.1, 0.15) is 0 Å². The van der Waals surface area contributed by atoms with Crippen LogP contribution >= 0.6 is 0 Å². The Morgan fingerprint density at radius 1 is 1.43 bits per heavy atom. The lowest BCUT2D eigenvalue weighted by Gasteiger charge is -1.90. The Bertz CT molecular complexity index is 135. The maximum Gasteiger partial charge on any atom is 0.320 e. The van der Waals surface area contributed by atoms with Crippen LogP contribution in [0.4, 0.5) is 0 Å². The summed E-state index contributed by atoms with van der Waals surface area (Å²) in [6, 6.07) is 0. The highest BCUT2D eigenvalue weighted by Crippen LogP contribution is 1.87. The highest BCUT2D eigenvalue weighted by atomic mass is 32.2. The molecule has 7 heavy (non-hydrogen) atoms. The molecular weight excluding hydrogens is 115 g/mol. The van der Waals surface area contributed by atoms with Crippen LogP contribution in [0, 0.1) is 0 Å². The van der Waals surface area contributed by atoms with Crippen LogP contribution in [0.15, 0.2) is 0 Å². The average Bonchev–Trinajstić information content (AvgIpc) is 1.31. The highest BCUT2D eigenvalue weighted by molar-refractivity contribution is 8.14. The molecule has 0 fully saturated rings. The fourth-order valence-corrected chi connectivity index (χ4v) is 0. The van der Waals surface area contributed by atoms with Gasteiger partial charge in [-0.15, -0.1) is 0 Å². The van der Waals surface area contributed by atoms with Crippen molar-refractivity contribution in [1.82, 2.24) is 0 Å². The van der Waals surface area contributed by atoms with Gasteiger partial charge in [-0.3, -0.25) is 4.55 Å². The van der Waals surface area contributed by atoms with Gasteiger partial charge in [-0.2, -0.15) is 0 Å². The van der Waals surface area contributed by atoms with Gasteiger partial charge >= 0.3 is 5.99 Å². The summed E-state index contributed by atoms with van der Waals surface area (Å²) in [6.07, 6.45) is 0. The smallest absolute Gasteiger partial charge is 0.295 e. The van der Waals surface area contributed by atoms with Gasteiger partial charge in [-0.05, 0) is 0 Å². The van der Waals surface area contributed by atoms with Crippen molar-refractivity contribution < 1.29 is 13.0 Å². The van der Waals surface area contributed by atoms with Crippen molar-refractivity contribution in [3.63, 3.8) is 0 Å². The molecule has 0 atom stereocenters. The fraction of sp³-hybridized carbons (Fsp3) is 1.00. The SMILES string of the molecule is CB(C)S(=O)(=O)O. The third-order valence-corrected chi connectivity index (χ3v) is 1.79. The lowest BCUT2D eigenvalue weighted by molar-refractivity contribution is 0.499. The van der Waals surface area contributed by atoms with Crippen LogP contribution in [-0.2, 0) is 9.97 Å². The normalized spacial score (nSPS) is 11.3. The second-order valence-electron chi connectivity index (χ2n) is 1.56. The summed E-state index contributed by atoms with van der Waals surface area (Å²) in [5.41, 5.74) is 0. The predicted molar refractivity (Wildman–Crippen MR) is 29.0 cm³/mol. The van der Waals surface area contributed by atoms with E-state index in [1.54, 1.807) is 0 Å². The van der Waals surface area contributed by atoms with E-state index in [0.717, 1.165) is 0 Å². The molecule has 1 N–H and O–H groups in total. The van der Waals surface area contributed by atoms with Crippen LogP contribution in [0.3, 0.4) is 0 Å². The molecule has 0 heterocycles. The Morgan fingerprint density at radius 2 is 1.57 bits per heavy atom. The largest absolute Gasteiger partial charge is 0.320 e. The molecule has 5 heteroatoms. The van der Waals surface area contributed by atoms with Crippen LogP contribution in [-0.4, -0.2) is 19.0 Å². The first-order valence-electron chi connectivity index (χ1n) is 1.91. The first-order valence-corrected chi connectivity index (χ1v) is 3.41. The van der Waals surface area contributed by atoms with E-state index in [9.17, 15) is 8.42 Å². The molecule has 0 aromatic rings. The molecule has 42 valence electrons. The third kappa shape index (κ3) is 2.64. The van der Waals surface area contributed by atoms with Crippen molar-refractivity contribution in [3.05, 3.63) is 0 Å². The maximum absolute atomic E-state index is 9.89. The number of rotatable bonds is 1. The monoisotopic (exact) mass is 122 g/mol. The van der Waals surface area contributed by atoms with Crippen molar-refractivity contribution in [2.24, 2.45) is 0 Å². The first kappa shape index (κ1) is 6.97. The standard InChI is InChI=1S/C2H7BO3S/c1-3(2)7(4,5)6/h1-2H3,(H,4,5,6). The quantitative estimate of drug-likeness (QED) is 0.397. The third-order valence-electron chi connectivity index (χ3n) is 0.596. The predicted octanol–water partition coefficient (Wildman–Crippen LogP) is 0.125. The van der Waals surface area contributed by atoms with E-state index in [-0.39, 0.29) is 0 Å². The summed E-state index contributed by atoms with van der Waals surface area (Å²) < 4.78 is 27.8. The van der Waals surface area contributed by atoms with Gasteiger partial charge in [-0.1, -0.05) is 13.6 Å². The zero-order valence-electron chi connectivity index (χ0n) is 4.25. The van der Waals surface area contributed by atoms with E-state index in [2.05, 4.69) is 0 Å². The minimum atomic E-state index is -3.74. The van der Waals surface area contributed by atoms with Gasteiger partial charge in [0.1, 0.15) is 0 Å². The molecule has 0 spiro atoms. The summed E-state index contributed by atoms with van der Waals surface area (Å²) in [7, 11) is -3.74. The van der Waals surface area contributed by atoms with E-state index < -0.39 is 16.0 Å². The molecule has 0 rings (SSSR count). The molecule has 0 bridgehead atoms. The number of hydrogen-bond donors (Lipinski definition) is 1. The molecule has 0 radical (unpaired) electrons. The summed E-state index contributed by atoms with van der Waals surface area (Å²) >= 11 is 0. The van der Waals surface area contributed by atoms with Crippen molar-refractivity contribution in [2.75, 3.05) is 0 Å². The molecule has 0 saturated heterocycles. The van der Waals surface area contributed by atoms with Gasteiger partial charge in [0.05, 0.1) is 0 Å². The minimum absolute atomic E-state index is 0.674. The Hall–Kier alpha value is -0.0251. The average molecular weight is 122 g/mol. The van der Waals surface area contributed by atoms with E-state index >= 15 is 0 Å². The van der Waals surface area contributed by atoms with E-state index in [1.807, 2.05) is 0 Å². The molecule has 0 aliphatic carbocycles. The lowest BCUT2D eigenvalue weighted by atomic mass is 9.84. The summed E-state index contributed by atoms with van der Waals surface area (Å²) in [5.74, 6) is -0.674. The number of hydrogen-bond acceptors (Lipinski definition) is 2. The molecule has 0 saturated carbocycles. The topological polar surface area (TPSA) is 54.4 Å². The maximum atomic E-state index is 9.89.